The van der Waals surface area contributed by atoms with Crippen molar-refractivity contribution in [3.8, 4) is 0 Å². The van der Waals surface area contributed by atoms with E-state index in [0.29, 0.717) is 19.6 Å². The Kier molecular flexibility index (Phi) is 4.98. The Balaban J connectivity index is 2.56. The minimum atomic E-state index is -3.12. The van der Waals surface area contributed by atoms with Gasteiger partial charge in [0.15, 0.2) is 0 Å². The lowest BCUT2D eigenvalue weighted by molar-refractivity contribution is 0.373. The van der Waals surface area contributed by atoms with E-state index in [9.17, 15) is 8.42 Å². The molecule has 0 aromatic carbocycles. The van der Waals surface area contributed by atoms with Gasteiger partial charge in [-0.05, 0) is 31.7 Å². The Morgan fingerprint density at radius 2 is 2.06 bits per heavy atom. The first-order valence-electron chi connectivity index (χ1n) is 6.49. The van der Waals surface area contributed by atoms with Crippen molar-refractivity contribution in [1.29, 1.82) is 0 Å². The van der Waals surface area contributed by atoms with E-state index in [-0.39, 0.29) is 10.7 Å². The molecule has 5 heteroatoms. The van der Waals surface area contributed by atoms with Crippen molar-refractivity contribution in [2.24, 2.45) is 5.41 Å². The van der Waals surface area contributed by atoms with Gasteiger partial charge in [0, 0.05) is 19.6 Å². The summed E-state index contributed by atoms with van der Waals surface area (Å²) in [7, 11) is -3.12. The minimum Gasteiger partial charge on any atom is -0.315 e. The first kappa shape index (κ1) is 14.9. The number of nitrogens with one attached hydrogen (secondary N) is 1. The fourth-order valence-electron chi connectivity index (χ4n) is 2.12. The number of hydrogen-bond acceptors (Lipinski definition) is 3. The zero-order valence-electron chi connectivity index (χ0n) is 11.5. The number of sulfonamides is 1. The molecule has 1 rings (SSSR count). The fourth-order valence-corrected chi connectivity index (χ4v) is 3.83. The predicted octanol–water partition coefficient (Wildman–Crippen LogP) is 1.44. The summed E-state index contributed by atoms with van der Waals surface area (Å²) < 4.78 is 26.3. The molecule has 0 saturated carbocycles. The van der Waals surface area contributed by atoms with Crippen LogP contribution in [0.4, 0.5) is 0 Å². The maximum absolute atomic E-state index is 12.3. The third-order valence-corrected chi connectivity index (χ3v) is 5.58. The lowest BCUT2D eigenvalue weighted by atomic mass is 9.93. The van der Waals surface area contributed by atoms with Gasteiger partial charge in [-0.25, -0.2) is 12.7 Å². The maximum Gasteiger partial charge on any atom is 0.217 e. The lowest BCUT2D eigenvalue weighted by Gasteiger charge is -2.23. The largest absolute Gasteiger partial charge is 0.315 e. The van der Waals surface area contributed by atoms with Crippen LogP contribution in [0, 0.1) is 5.41 Å². The van der Waals surface area contributed by atoms with E-state index in [4.69, 9.17) is 0 Å². The topological polar surface area (TPSA) is 49.4 Å². The van der Waals surface area contributed by atoms with Crippen LogP contribution in [0.15, 0.2) is 0 Å². The van der Waals surface area contributed by atoms with Crippen LogP contribution in [0.5, 0.6) is 0 Å². The van der Waals surface area contributed by atoms with Crippen LogP contribution in [-0.2, 0) is 10.0 Å². The summed E-state index contributed by atoms with van der Waals surface area (Å²) >= 11 is 0. The van der Waals surface area contributed by atoms with Gasteiger partial charge in [-0.3, -0.25) is 0 Å². The van der Waals surface area contributed by atoms with Gasteiger partial charge < -0.3 is 5.32 Å². The molecule has 0 amide bonds. The van der Waals surface area contributed by atoms with E-state index < -0.39 is 10.0 Å². The molecule has 1 unspecified atom stereocenters. The first-order valence-corrected chi connectivity index (χ1v) is 7.99. The van der Waals surface area contributed by atoms with Crippen molar-refractivity contribution >= 4 is 10.0 Å². The highest BCUT2D eigenvalue weighted by atomic mass is 32.2. The molecule has 1 N–H and O–H groups in total. The van der Waals surface area contributed by atoms with Crippen molar-refractivity contribution in [2.45, 2.75) is 45.8 Å². The molecule has 0 aromatic heterocycles. The Morgan fingerprint density at radius 1 is 1.41 bits per heavy atom. The second-order valence-electron chi connectivity index (χ2n) is 5.81. The van der Waals surface area contributed by atoms with Gasteiger partial charge in [0.05, 0.1) is 5.25 Å². The number of hydrogen-bond donors (Lipinski definition) is 1. The molecule has 1 atom stereocenters. The van der Waals surface area contributed by atoms with Crippen LogP contribution >= 0.6 is 0 Å². The zero-order valence-corrected chi connectivity index (χ0v) is 12.3. The van der Waals surface area contributed by atoms with Crippen LogP contribution in [0.25, 0.3) is 0 Å². The summed E-state index contributed by atoms with van der Waals surface area (Å²) in [5.41, 5.74) is 0.129. The van der Waals surface area contributed by atoms with Gasteiger partial charge in [-0.15, -0.1) is 0 Å². The van der Waals surface area contributed by atoms with E-state index in [1.807, 2.05) is 0 Å². The van der Waals surface area contributed by atoms with Gasteiger partial charge >= 0.3 is 0 Å². The normalized spacial score (nSPS) is 22.8. The third-order valence-electron chi connectivity index (χ3n) is 3.37. The SMILES string of the molecule is CCCNCC(C)S(=O)(=O)N1CCC(C)(C)C1. The van der Waals surface area contributed by atoms with Crippen molar-refractivity contribution in [3.05, 3.63) is 0 Å². The zero-order chi connectivity index (χ0) is 13.1. The van der Waals surface area contributed by atoms with Crippen LogP contribution in [-0.4, -0.2) is 44.2 Å². The molecule has 0 spiro atoms. The molecule has 4 nitrogen and oxygen atoms in total. The van der Waals surface area contributed by atoms with Crippen molar-refractivity contribution < 1.29 is 8.42 Å². The monoisotopic (exact) mass is 262 g/mol. The highest BCUT2D eigenvalue weighted by Gasteiger charge is 2.38. The summed E-state index contributed by atoms with van der Waals surface area (Å²) in [6, 6.07) is 0. The van der Waals surface area contributed by atoms with Crippen LogP contribution in [0.1, 0.15) is 40.5 Å². The van der Waals surface area contributed by atoms with Crippen LogP contribution < -0.4 is 5.32 Å². The van der Waals surface area contributed by atoms with E-state index in [2.05, 4.69) is 26.1 Å². The molecule has 1 aliphatic rings. The van der Waals surface area contributed by atoms with Gasteiger partial charge in [0.2, 0.25) is 10.0 Å². The minimum absolute atomic E-state index is 0.129. The van der Waals surface area contributed by atoms with Crippen LogP contribution in [0.2, 0.25) is 0 Å². The summed E-state index contributed by atoms with van der Waals surface area (Å²) in [6.07, 6.45) is 1.99. The fraction of sp³-hybridized carbons (Fsp3) is 1.00. The molecule has 1 aliphatic heterocycles. The second kappa shape index (κ2) is 5.67. The van der Waals surface area contributed by atoms with Gasteiger partial charge in [0.1, 0.15) is 0 Å². The summed E-state index contributed by atoms with van der Waals surface area (Å²) in [5, 5.41) is 2.85. The predicted molar refractivity (Wildman–Crippen MR) is 71.5 cm³/mol. The van der Waals surface area contributed by atoms with Gasteiger partial charge in [-0.1, -0.05) is 20.8 Å². The maximum atomic E-state index is 12.3. The number of nitrogens with zero attached hydrogens (tertiary/aromatic N) is 1. The van der Waals surface area contributed by atoms with Crippen molar-refractivity contribution in [1.82, 2.24) is 9.62 Å². The molecule has 0 aliphatic carbocycles. The summed E-state index contributed by atoms with van der Waals surface area (Å²) in [4.78, 5) is 0. The molecule has 17 heavy (non-hydrogen) atoms. The Morgan fingerprint density at radius 3 is 2.53 bits per heavy atom. The molecular formula is C12H26N2O2S. The highest BCUT2D eigenvalue weighted by Crippen LogP contribution is 2.31. The first-order chi connectivity index (χ1) is 7.79. The lowest BCUT2D eigenvalue weighted by Crippen LogP contribution is -2.41. The second-order valence-corrected chi connectivity index (χ2v) is 8.16. The van der Waals surface area contributed by atoms with Gasteiger partial charge in [0.25, 0.3) is 0 Å². The van der Waals surface area contributed by atoms with E-state index in [0.717, 1.165) is 19.4 Å². The van der Waals surface area contributed by atoms with Gasteiger partial charge in [-0.2, -0.15) is 0 Å². The van der Waals surface area contributed by atoms with Crippen molar-refractivity contribution in [3.63, 3.8) is 0 Å². The quantitative estimate of drug-likeness (QED) is 0.737. The molecular weight excluding hydrogens is 236 g/mol. The molecule has 0 aromatic rings. The smallest absolute Gasteiger partial charge is 0.217 e. The standard InChI is InChI=1S/C12H26N2O2S/c1-5-7-13-9-11(2)17(15,16)14-8-6-12(3,4)10-14/h11,13H,5-10H2,1-4H3. The molecule has 0 bridgehead atoms. The number of rotatable bonds is 6. The molecule has 102 valence electrons. The Hall–Kier alpha value is -0.130. The summed E-state index contributed by atoms with van der Waals surface area (Å²) in [5.74, 6) is 0. The highest BCUT2D eigenvalue weighted by molar-refractivity contribution is 7.89. The average molecular weight is 262 g/mol. The molecule has 1 saturated heterocycles. The third kappa shape index (κ3) is 3.93. The molecule has 1 fully saturated rings. The van der Waals surface area contributed by atoms with E-state index in [1.54, 1.807) is 11.2 Å². The van der Waals surface area contributed by atoms with Crippen LogP contribution in [0.3, 0.4) is 0 Å². The summed E-state index contributed by atoms with van der Waals surface area (Å²) in [6.45, 7) is 10.9. The Labute approximate surface area is 106 Å². The van der Waals surface area contributed by atoms with E-state index >= 15 is 0 Å². The van der Waals surface area contributed by atoms with E-state index in [1.165, 1.54) is 0 Å². The van der Waals surface area contributed by atoms with Crippen molar-refractivity contribution in [2.75, 3.05) is 26.2 Å². The average Bonchev–Trinajstić information content (AvgIpc) is 2.59. The molecule has 1 heterocycles. The Bertz CT molecular complexity index is 338. The molecule has 0 radical (unpaired) electrons.